The number of benzene rings is 2. The van der Waals surface area contributed by atoms with Gasteiger partial charge >= 0.3 is 0 Å². The molecule has 2 aliphatic rings. The molecule has 1 aliphatic carbocycles. The first-order valence-corrected chi connectivity index (χ1v) is 13.6. The zero-order valence-corrected chi connectivity index (χ0v) is 23.2. The Balaban J connectivity index is 1.63. The van der Waals surface area contributed by atoms with Crippen molar-refractivity contribution in [1.82, 2.24) is 10.3 Å². The second kappa shape index (κ2) is 11.6. The maximum Gasteiger partial charge on any atom is 0.252 e. The number of hydrogen-bond acceptors (Lipinski definition) is 5. The van der Waals surface area contributed by atoms with Crippen LogP contribution in [0.3, 0.4) is 0 Å². The molecule has 3 amide bonds. The third kappa shape index (κ3) is 5.78. The fraction of sp³-hybridized carbons (Fsp3) is 0.276. The molecule has 13 heteroatoms. The number of pyridine rings is 1. The lowest BCUT2D eigenvalue weighted by Crippen LogP contribution is -2.56. The molecule has 1 saturated carbocycles. The van der Waals surface area contributed by atoms with Gasteiger partial charge in [0, 0.05) is 52.8 Å². The summed E-state index contributed by atoms with van der Waals surface area (Å²) in [6.45, 7) is 0. The minimum Gasteiger partial charge on any atom is -0.351 e. The van der Waals surface area contributed by atoms with Gasteiger partial charge in [-0.05, 0) is 48.9 Å². The highest BCUT2D eigenvalue weighted by Gasteiger charge is 2.49. The lowest BCUT2D eigenvalue weighted by Gasteiger charge is -2.39. The van der Waals surface area contributed by atoms with Gasteiger partial charge in [-0.2, -0.15) is 5.26 Å². The van der Waals surface area contributed by atoms with Gasteiger partial charge in [0.15, 0.2) is 0 Å². The lowest BCUT2D eigenvalue weighted by atomic mass is 9.87. The topological polar surface area (TPSA) is 106 Å². The van der Waals surface area contributed by atoms with Crippen molar-refractivity contribution < 1.29 is 27.6 Å². The van der Waals surface area contributed by atoms with Crippen LogP contribution in [0.5, 0.6) is 0 Å². The number of nitrogens with one attached hydrogen (secondary N) is 1. The highest BCUT2D eigenvalue weighted by Crippen LogP contribution is 2.41. The number of hydrogen-bond donors (Lipinski definition) is 1. The number of halogens is 5. The van der Waals surface area contributed by atoms with E-state index in [-0.39, 0.29) is 45.5 Å². The third-order valence-corrected chi connectivity index (χ3v) is 7.82. The summed E-state index contributed by atoms with van der Waals surface area (Å²) in [7, 11) is 0. The van der Waals surface area contributed by atoms with Crippen LogP contribution in [0.15, 0.2) is 60.8 Å². The first kappa shape index (κ1) is 29.4. The SMILES string of the molecule is N#Cc1ccnc(N2C(=O)CCC2C(=O)N(c2cccc(F)c2)[C@H](C(=O)NC2CC(F)(F)C2)c2c(Cl)cccc2Cl)c1. The van der Waals surface area contributed by atoms with E-state index < -0.39 is 60.4 Å². The molecule has 42 heavy (non-hydrogen) atoms. The van der Waals surface area contributed by atoms with E-state index in [1.54, 1.807) is 0 Å². The predicted molar refractivity (Wildman–Crippen MR) is 149 cm³/mol. The number of nitriles is 1. The van der Waals surface area contributed by atoms with Crippen molar-refractivity contribution in [2.75, 3.05) is 9.80 Å². The van der Waals surface area contributed by atoms with Crippen LogP contribution in [0, 0.1) is 17.1 Å². The third-order valence-electron chi connectivity index (χ3n) is 7.16. The Morgan fingerprint density at radius 1 is 1.12 bits per heavy atom. The van der Waals surface area contributed by atoms with Gasteiger partial charge < -0.3 is 5.32 Å². The van der Waals surface area contributed by atoms with E-state index in [1.807, 2.05) is 6.07 Å². The van der Waals surface area contributed by atoms with Gasteiger partial charge in [-0.25, -0.2) is 18.2 Å². The maximum absolute atomic E-state index is 14.6. The van der Waals surface area contributed by atoms with Gasteiger partial charge in [0.1, 0.15) is 23.7 Å². The van der Waals surface area contributed by atoms with Gasteiger partial charge in [0.2, 0.25) is 11.8 Å². The Hall–Kier alpha value is -4.14. The van der Waals surface area contributed by atoms with Crippen LogP contribution in [0.4, 0.5) is 24.7 Å². The number of anilines is 2. The molecule has 0 spiro atoms. The zero-order valence-electron chi connectivity index (χ0n) is 21.7. The average Bonchev–Trinajstić information content (AvgIpc) is 3.32. The van der Waals surface area contributed by atoms with Crippen LogP contribution in [-0.2, 0) is 14.4 Å². The Kier molecular flexibility index (Phi) is 8.12. The second-order valence-corrected chi connectivity index (χ2v) is 10.8. The summed E-state index contributed by atoms with van der Waals surface area (Å²) in [6.07, 6.45) is 0.0938. The minimum absolute atomic E-state index is 0.00136. The first-order valence-electron chi connectivity index (χ1n) is 12.9. The van der Waals surface area contributed by atoms with Crippen LogP contribution >= 0.6 is 23.2 Å². The molecule has 2 fully saturated rings. The average molecular weight is 616 g/mol. The number of carbonyl (C=O) groups excluding carboxylic acids is 3. The standard InChI is InChI=1S/C29H22Cl2F3N5O3/c30-20-5-2-6-21(31)25(20)26(27(41)37-18-13-29(33,34)14-18)38(19-4-1-3-17(32)12-19)28(42)22-7-8-24(40)39(22)23-11-16(15-35)9-10-36-23/h1-6,9-12,18,22,26H,7-8,13-14H2,(H,37,41)/t22?,26-/m0/s1. The minimum atomic E-state index is -2.94. The molecule has 5 rings (SSSR count). The molecule has 1 N–H and O–H groups in total. The smallest absolute Gasteiger partial charge is 0.252 e. The molecule has 0 radical (unpaired) electrons. The molecule has 2 heterocycles. The molecule has 2 atom stereocenters. The van der Waals surface area contributed by atoms with E-state index in [1.165, 1.54) is 48.7 Å². The molecular weight excluding hydrogens is 594 g/mol. The van der Waals surface area contributed by atoms with Crippen LogP contribution in [0.2, 0.25) is 10.0 Å². The number of nitrogens with zero attached hydrogens (tertiary/aromatic N) is 4. The Morgan fingerprint density at radius 2 is 1.81 bits per heavy atom. The van der Waals surface area contributed by atoms with Crippen LogP contribution < -0.4 is 15.1 Å². The van der Waals surface area contributed by atoms with Crippen molar-refractivity contribution >= 4 is 52.4 Å². The summed E-state index contributed by atoms with van der Waals surface area (Å²) in [5.41, 5.74) is 0.126. The summed E-state index contributed by atoms with van der Waals surface area (Å²) in [6, 6.07) is 10.3. The highest BCUT2D eigenvalue weighted by atomic mass is 35.5. The van der Waals surface area contributed by atoms with Gasteiger partial charge in [0.05, 0.1) is 11.6 Å². The molecule has 3 aromatic rings. The van der Waals surface area contributed by atoms with E-state index >= 15 is 0 Å². The monoisotopic (exact) mass is 615 g/mol. The van der Waals surface area contributed by atoms with E-state index in [0.29, 0.717) is 0 Å². The quantitative estimate of drug-likeness (QED) is 0.373. The van der Waals surface area contributed by atoms with E-state index in [9.17, 15) is 32.8 Å². The molecule has 1 unspecified atom stereocenters. The van der Waals surface area contributed by atoms with Gasteiger partial charge in [-0.3, -0.25) is 24.2 Å². The zero-order chi connectivity index (χ0) is 30.2. The van der Waals surface area contributed by atoms with E-state index in [0.717, 1.165) is 21.9 Å². The number of aromatic nitrogens is 1. The van der Waals surface area contributed by atoms with Crippen LogP contribution in [0.25, 0.3) is 0 Å². The molecule has 216 valence electrons. The van der Waals surface area contributed by atoms with Gasteiger partial charge in [-0.1, -0.05) is 35.3 Å². The molecular formula is C29H22Cl2F3N5O3. The number of amides is 3. The van der Waals surface area contributed by atoms with E-state index in [4.69, 9.17) is 23.2 Å². The van der Waals surface area contributed by atoms with Crippen molar-refractivity contribution in [2.45, 2.75) is 49.7 Å². The number of carbonyl (C=O) groups is 3. The predicted octanol–water partition coefficient (Wildman–Crippen LogP) is 5.58. The van der Waals surface area contributed by atoms with Crippen molar-refractivity contribution in [2.24, 2.45) is 0 Å². The molecule has 0 bridgehead atoms. The number of rotatable bonds is 7. The summed E-state index contributed by atoms with van der Waals surface area (Å²) in [5.74, 6) is -5.75. The summed E-state index contributed by atoms with van der Waals surface area (Å²) >= 11 is 13.0. The van der Waals surface area contributed by atoms with Crippen LogP contribution in [-0.4, -0.2) is 40.7 Å². The Bertz CT molecular complexity index is 1590. The van der Waals surface area contributed by atoms with Crippen molar-refractivity contribution in [1.29, 1.82) is 5.26 Å². The Labute approximate surface area is 248 Å². The summed E-state index contributed by atoms with van der Waals surface area (Å²) in [5, 5.41) is 11.9. The molecule has 1 aliphatic heterocycles. The Morgan fingerprint density at radius 3 is 2.45 bits per heavy atom. The first-order chi connectivity index (χ1) is 20.0. The van der Waals surface area contributed by atoms with Crippen LogP contribution in [0.1, 0.15) is 42.9 Å². The van der Waals surface area contributed by atoms with E-state index in [2.05, 4.69) is 10.3 Å². The number of alkyl halides is 2. The normalized spacial score (nSPS) is 18.6. The van der Waals surface area contributed by atoms with Crippen molar-refractivity contribution in [3.8, 4) is 6.07 Å². The van der Waals surface area contributed by atoms with Gasteiger partial charge in [0.25, 0.3) is 11.8 Å². The maximum atomic E-state index is 14.6. The fourth-order valence-electron chi connectivity index (χ4n) is 5.21. The fourth-order valence-corrected chi connectivity index (χ4v) is 5.81. The molecule has 1 saturated heterocycles. The lowest BCUT2D eigenvalue weighted by molar-refractivity contribution is -0.133. The van der Waals surface area contributed by atoms with Crippen molar-refractivity contribution in [3.63, 3.8) is 0 Å². The second-order valence-electron chi connectivity index (χ2n) is 10.0. The van der Waals surface area contributed by atoms with Gasteiger partial charge in [-0.15, -0.1) is 0 Å². The molecule has 1 aromatic heterocycles. The largest absolute Gasteiger partial charge is 0.351 e. The highest BCUT2D eigenvalue weighted by molar-refractivity contribution is 6.36. The summed E-state index contributed by atoms with van der Waals surface area (Å²) in [4.78, 5) is 47.7. The molecule has 2 aromatic carbocycles. The summed E-state index contributed by atoms with van der Waals surface area (Å²) < 4.78 is 41.8. The molecule has 8 nitrogen and oxygen atoms in total. The van der Waals surface area contributed by atoms with Crippen molar-refractivity contribution in [3.05, 3.63) is 87.8 Å².